The first-order valence-corrected chi connectivity index (χ1v) is 6.27. The van der Waals surface area contributed by atoms with Gasteiger partial charge in [-0.3, -0.25) is 4.79 Å². The summed E-state index contributed by atoms with van der Waals surface area (Å²) in [6.07, 6.45) is 0. The van der Waals surface area contributed by atoms with Gasteiger partial charge in [0.05, 0.1) is 17.8 Å². The molecular weight excluding hydrogens is 240 g/mol. The Balaban J connectivity index is 2.89. The average molecular weight is 260 g/mol. The molecule has 19 heavy (non-hydrogen) atoms. The van der Waals surface area contributed by atoms with Crippen LogP contribution in [0.4, 0.5) is 5.69 Å². The Morgan fingerprint density at radius 3 is 2.79 bits per heavy atom. The van der Waals surface area contributed by atoms with E-state index < -0.39 is 0 Å². The Labute approximate surface area is 114 Å². The lowest BCUT2D eigenvalue weighted by molar-refractivity contribution is -0.119. The van der Waals surface area contributed by atoms with Crippen LogP contribution in [0.25, 0.3) is 0 Å². The van der Waals surface area contributed by atoms with E-state index in [9.17, 15) is 10.1 Å². The van der Waals surface area contributed by atoms with Crippen molar-refractivity contribution in [3.8, 4) is 6.07 Å². The van der Waals surface area contributed by atoms with Crippen molar-refractivity contribution < 1.29 is 4.79 Å². The predicted molar refractivity (Wildman–Crippen MR) is 75.9 cm³/mol. The highest BCUT2D eigenvalue weighted by atomic mass is 16.1. The van der Waals surface area contributed by atoms with Gasteiger partial charge in [-0.25, -0.2) is 0 Å². The number of benzene rings is 1. The summed E-state index contributed by atoms with van der Waals surface area (Å²) in [5, 5.41) is 15.0. The fourth-order valence-corrected chi connectivity index (χ4v) is 1.76. The van der Waals surface area contributed by atoms with Gasteiger partial charge in [0.1, 0.15) is 6.07 Å². The highest BCUT2D eigenvalue weighted by Gasteiger charge is 2.11. The van der Waals surface area contributed by atoms with Crippen LogP contribution in [0.15, 0.2) is 18.2 Å². The van der Waals surface area contributed by atoms with E-state index in [1.165, 1.54) is 0 Å². The van der Waals surface area contributed by atoms with Crippen molar-refractivity contribution in [3.63, 3.8) is 0 Å². The second-order valence-electron chi connectivity index (χ2n) is 4.27. The lowest BCUT2D eigenvalue weighted by Gasteiger charge is -2.20. The smallest absolute Gasteiger partial charge is 0.239 e. The zero-order valence-corrected chi connectivity index (χ0v) is 11.7. The Hall–Kier alpha value is -2.06. The molecule has 0 saturated heterocycles. The topological polar surface area (TPSA) is 68.2 Å². The van der Waals surface area contributed by atoms with Gasteiger partial charge in [0.25, 0.3) is 0 Å². The van der Waals surface area contributed by atoms with Crippen molar-refractivity contribution >= 4 is 11.6 Å². The van der Waals surface area contributed by atoms with Gasteiger partial charge in [0.2, 0.25) is 5.91 Å². The minimum Gasteiger partial charge on any atom is -0.364 e. The molecule has 0 aliphatic carbocycles. The summed E-state index contributed by atoms with van der Waals surface area (Å²) in [5.41, 5.74) is 2.42. The average Bonchev–Trinajstić information content (AvgIpc) is 2.44. The molecular formula is C14H20N4O. The van der Waals surface area contributed by atoms with Gasteiger partial charge >= 0.3 is 0 Å². The van der Waals surface area contributed by atoms with Crippen LogP contribution in [0.3, 0.4) is 0 Å². The molecule has 1 aromatic carbocycles. The Bertz CT molecular complexity index is 479. The summed E-state index contributed by atoms with van der Waals surface area (Å²) in [6.45, 7) is 3.90. The van der Waals surface area contributed by atoms with E-state index in [2.05, 4.69) is 16.7 Å². The highest BCUT2D eigenvalue weighted by molar-refractivity contribution is 5.81. The molecule has 0 aromatic heterocycles. The number of hydrogen-bond acceptors (Lipinski definition) is 4. The fourth-order valence-electron chi connectivity index (χ4n) is 1.76. The van der Waals surface area contributed by atoms with Crippen LogP contribution >= 0.6 is 0 Å². The number of nitriles is 1. The predicted octanol–water partition coefficient (Wildman–Crippen LogP) is 0.850. The molecule has 0 spiro atoms. The van der Waals surface area contributed by atoms with E-state index >= 15 is 0 Å². The summed E-state index contributed by atoms with van der Waals surface area (Å²) in [7, 11) is 3.40. The minimum atomic E-state index is -0.0804. The maximum Gasteiger partial charge on any atom is 0.239 e. The van der Waals surface area contributed by atoms with Crippen molar-refractivity contribution in [1.82, 2.24) is 10.6 Å². The van der Waals surface area contributed by atoms with E-state index in [4.69, 9.17) is 0 Å². The number of carbonyl (C=O) groups is 1. The minimum absolute atomic E-state index is 0.0804. The molecule has 0 atom stereocenters. The van der Waals surface area contributed by atoms with Gasteiger partial charge < -0.3 is 15.5 Å². The fraction of sp³-hybridized carbons (Fsp3) is 0.429. The number of anilines is 1. The first kappa shape index (κ1) is 15.0. The summed E-state index contributed by atoms with van der Waals surface area (Å²) >= 11 is 0. The summed E-state index contributed by atoms with van der Waals surface area (Å²) in [6, 6.07) is 7.90. The summed E-state index contributed by atoms with van der Waals surface area (Å²) in [4.78, 5) is 13.1. The SMILES string of the molecule is CCNCc1ccc(N(C)CC(=O)NC)c(C#N)c1. The standard InChI is InChI=1S/C14H20N4O/c1-4-17-9-11-5-6-13(12(7-11)8-15)18(3)10-14(19)16-2/h5-7,17H,4,9-10H2,1-3H3,(H,16,19). The van der Waals surface area contributed by atoms with Crippen LogP contribution in [-0.4, -0.2) is 33.1 Å². The molecule has 1 aromatic rings. The Morgan fingerprint density at radius 2 is 2.21 bits per heavy atom. The molecule has 5 nitrogen and oxygen atoms in total. The van der Waals surface area contributed by atoms with E-state index in [1.54, 1.807) is 19.0 Å². The lowest BCUT2D eigenvalue weighted by Crippen LogP contribution is -2.33. The zero-order chi connectivity index (χ0) is 14.3. The quantitative estimate of drug-likeness (QED) is 0.795. The van der Waals surface area contributed by atoms with Crippen molar-refractivity contribution in [1.29, 1.82) is 5.26 Å². The molecule has 1 amide bonds. The molecule has 1 rings (SSSR count). The van der Waals surface area contributed by atoms with Crippen molar-refractivity contribution in [2.45, 2.75) is 13.5 Å². The van der Waals surface area contributed by atoms with E-state index in [0.717, 1.165) is 24.3 Å². The molecule has 0 fully saturated rings. The van der Waals surface area contributed by atoms with Gasteiger partial charge in [0.15, 0.2) is 0 Å². The summed E-state index contributed by atoms with van der Waals surface area (Å²) < 4.78 is 0. The van der Waals surface area contributed by atoms with Crippen molar-refractivity contribution in [2.75, 3.05) is 32.1 Å². The lowest BCUT2D eigenvalue weighted by atomic mass is 10.1. The van der Waals surface area contributed by atoms with E-state index in [1.807, 2.05) is 25.1 Å². The number of amides is 1. The first-order chi connectivity index (χ1) is 9.12. The monoisotopic (exact) mass is 260 g/mol. The van der Waals surface area contributed by atoms with Crippen LogP contribution in [0.2, 0.25) is 0 Å². The molecule has 0 saturated carbocycles. The molecule has 0 heterocycles. The van der Waals surface area contributed by atoms with E-state index in [-0.39, 0.29) is 12.5 Å². The number of nitrogens with one attached hydrogen (secondary N) is 2. The maximum absolute atomic E-state index is 11.4. The third-order valence-electron chi connectivity index (χ3n) is 2.83. The van der Waals surface area contributed by atoms with Gasteiger partial charge in [0, 0.05) is 20.6 Å². The number of rotatable bonds is 6. The number of carbonyl (C=O) groups excluding carboxylic acids is 1. The van der Waals surface area contributed by atoms with Crippen LogP contribution in [0.1, 0.15) is 18.1 Å². The summed E-state index contributed by atoms with van der Waals surface area (Å²) in [5.74, 6) is -0.0804. The van der Waals surface area contributed by atoms with Crippen LogP contribution in [0, 0.1) is 11.3 Å². The highest BCUT2D eigenvalue weighted by Crippen LogP contribution is 2.20. The van der Waals surface area contributed by atoms with Crippen LogP contribution < -0.4 is 15.5 Å². The van der Waals surface area contributed by atoms with Gasteiger partial charge in [-0.05, 0) is 24.2 Å². The van der Waals surface area contributed by atoms with Crippen LogP contribution in [0.5, 0.6) is 0 Å². The first-order valence-electron chi connectivity index (χ1n) is 6.27. The van der Waals surface area contributed by atoms with E-state index in [0.29, 0.717) is 5.56 Å². The molecule has 0 aliphatic heterocycles. The number of nitrogens with zero attached hydrogens (tertiary/aromatic N) is 2. The number of hydrogen-bond donors (Lipinski definition) is 2. The van der Waals surface area contributed by atoms with Crippen molar-refractivity contribution in [3.05, 3.63) is 29.3 Å². The second-order valence-corrected chi connectivity index (χ2v) is 4.27. The Kier molecular flexibility index (Phi) is 5.83. The molecule has 0 aliphatic rings. The third-order valence-corrected chi connectivity index (χ3v) is 2.83. The third kappa shape index (κ3) is 4.27. The zero-order valence-electron chi connectivity index (χ0n) is 11.7. The molecule has 0 unspecified atom stereocenters. The largest absolute Gasteiger partial charge is 0.364 e. The normalized spacial score (nSPS) is 9.79. The molecule has 5 heteroatoms. The maximum atomic E-state index is 11.4. The van der Waals surface area contributed by atoms with Gasteiger partial charge in [-0.15, -0.1) is 0 Å². The van der Waals surface area contributed by atoms with Gasteiger partial charge in [-0.1, -0.05) is 13.0 Å². The molecule has 0 radical (unpaired) electrons. The van der Waals surface area contributed by atoms with Crippen LogP contribution in [-0.2, 0) is 11.3 Å². The Morgan fingerprint density at radius 1 is 1.47 bits per heavy atom. The molecule has 102 valence electrons. The van der Waals surface area contributed by atoms with Gasteiger partial charge in [-0.2, -0.15) is 5.26 Å². The molecule has 0 bridgehead atoms. The second kappa shape index (κ2) is 7.39. The number of likely N-dealkylation sites (N-methyl/N-ethyl adjacent to an activating group) is 2. The molecule has 2 N–H and O–H groups in total. The van der Waals surface area contributed by atoms with Crippen molar-refractivity contribution in [2.24, 2.45) is 0 Å².